The number of hydrogen-bond donors (Lipinski definition) is 1. The number of hydrogen-bond acceptors (Lipinski definition) is 4. The highest BCUT2D eigenvalue weighted by atomic mass is 16.5. The molecule has 0 bridgehead atoms. The predicted molar refractivity (Wildman–Crippen MR) is 74.0 cm³/mol. The molecule has 1 aromatic heterocycles. The maximum Gasteiger partial charge on any atom is 0.131 e. The van der Waals surface area contributed by atoms with Crippen LogP contribution in [0.2, 0.25) is 0 Å². The van der Waals surface area contributed by atoms with Crippen molar-refractivity contribution < 1.29 is 4.74 Å². The summed E-state index contributed by atoms with van der Waals surface area (Å²) in [5.41, 5.74) is 8.03. The molecule has 0 spiro atoms. The van der Waals surface area contributed by atoms with Gasteiger partial charge in [-0.2, -0.15) is 0 Å². The van der Waals surface area contributed by atoms with Crippen LogP contribution in [-0.2, 0) is 11.2 Å². The van der Waals surface area contributed by atoms with Crippen LogP contribution >= 0.6 is 0 Å². The summed E-state index contributed by atoms with van der Waals surface area (Å²) in [5, 5.41) is 0. The second-order valence-corrected chi connectivity index (χ2v) is 5.00. The molecular weight excluding hydrogens is 226 g/mol. The monoisotopic (exact) mass is 249 g/mol. The van der Waals surface area contributed by atoms with E-state index in [4.69, 9.17) is 10.5 Å². The van der Waals surface area contributed by atoms with Crippen LogP contribution in [0.3, 0.4) is 0 Å². The Morgan fingerprint density at radius 1 is 1.56 bits per heavy atom. The van der Waals surface area contributed by atoms with E-state index in [1.807, 2.05) is 6.20 Å². The molecule has 0 aliphatic carbocycles. The minimum Gasteiger partial charge on any atom is -0.377 e. The van der Waals surface area contributed by atoms with Crippen molar-refractivity contribution in [3.63, 3.8) is 0 Å². The summed E-state index contributed by atoms with van der Waals surface area (Å²) in [6.45, 7) is 7.71. The molecule has 2 heterocycles. The molecule has 1 unspecified atom stereocenters. The number of nitrogens with two attached hydrogens (primary N) is 1. The fourth-order valence-electron chi connectivity index (χ4n) is 2.45. The summed E-state index contributed by atoms with van der Waals surface area (Å²) in [6.07, 6.45) is 4.19. The molecule has 1 aromatic rings. The Balaban J connectivity index is 2.16. The maximum absolute atomic E-state index is 5.67. The number of nitrogens with zero attached hydrogens (tertiary/aromatic N) is 2. The van der Waals surface area contributed by atoms with Gasteiger partial charge in [-0.1, -0.05) is 6.07 Å². The molecule has 0 aromatic carbocycles. The number of aryl methyl sites for hydroxylation is 1. The molecule has 1 fully saturated rings. The van der Waals surface area contributed by atoms with Gasteiger partial charge in [-0.15, -0.1) is 0 Å². The summed E-state index contributed by atoms with van der Waals surface area (Å²) in [7, 11) is 0. The summed E-state index contributed by atoms with van der Waals surface area (Å²) in [4.78, 5) is 6.94. The largest absolute Gasteiger partial charge is 0.377 e. The van der Waals surface area contributed by atoms with Crippen LogP contribution in [0.25, 0.3) is 0 Å². The van der Waals surface area contributed by atoms with E-state index < -0.39 is 0 Å². The molecule has 0 amide bonds. The lowest BCUT2D eigenvalue weighted by Gasteiger charge is -2.25. The Bertz CT molecular complexity index is 395. The standard InChI is InChI=1S/C14H23N3O/c1-11-8-13(4-5-15)9-16-14(11)17-6-3-7-18-12(2)10-17/h8-9,12H,3-7,10,15H2,1-2H3. The van der Waals surface area contributed by atoms with Crippen molar-refractivity contribution in [2.75, 3.05) is 31.1 Å². The van der Waals surface area contributed by atoms with Crippen molar-refractivity contribution in [3.05, 3.63) is 23.4 Å². The normalized spacial score (nSPS) is 20.8. The molecular formula is C14H23N3O. The fraction of sp³-hybridized carbons (Fsp3) is 0.643. The van der Waals surface area contributed by atoms with Gasteiger partial charge < -0.3 is 15.4 Å². The van der Waals surface area contributed by atoms with E-state index in [1.54, 1.807) is 0 Å². The van der Waals surface area contributed by atoms with E-state index in [0.29, 0.717) is 6.54 Å². The highest BCUT2D eigenvalue weighted by Gasteiger charge is 2.17. The minimum atomic E-state index is 0.275. The Labute approximate surface area is 109 Å². The van der Waals surface area contributed by atoms with Crippen LogP contribution in [0.15, 0.2) is 12.3 Å². The van der Waals surface area contributed by atoms with Gasteiger partial charge in [0.1, 0.15) is 5.82 Å². The topological polar surface area (TPSA) is 51.4 Å². The van der Waals surface area contributed by atoms with Crippen molar-refractivity contribution in [1.82, 2.24) is 4.98 Å². The van der Waals surface area contributed by atoms with Crippen LogP contribution in [0.5, 0.6) is 0 Å². The first-order valence-electron chi connectivity index (χ1n) is 6.73. The average Bonchev–Trinajstić information content (AvgIpc) is 2.54. The molecule has 100 valence electrons. The first kappa shape index (κ1) is 13.3. The van der Waals surface area contributed by atoms with Gasteiger partial charge in [-0.3, -0.25) is 0 Å². The van der Waals surface area contributed by atoms with Crippen molar-refractivity contribution in [1.29, 1.82) is 0 Å². The highest BCUT2D eigenvalue weighted by Crippen LogP contribution is 2.20. The van der Waals surface area contributed by atoms with Crippen LogP contribution in [0, 0.1) is 6.92 Å². The van der Waals surface area contributed by atoms with Crippen molar-refractivity contribution in [2.45, 2.75) is 32.8 Å². The molecule has 0 radical (unpaired) electrons. The van der Waals surface area contributed by atoms with Gasteiger partial charge in [0, 0.05) is 25.9 Å². The summed E-state index contributed by atoms with van der Waals surface area (Å²) in [5.74, 6) is 1.09. The van der Waals surface area contributed by atoms with Crippen LogP contribution in [0.1, 0.15) is 24.5 Å². The summed E-state index contributed by atoms with van der Waals surface area (Å²) >= 11 is 0. The molecule has 2 rings (SSSR count). The van der Waals surface area contributed by atoms with Crippen molar-refractivity contribution in [2.24, 2.45) is 5.73 Å². The number of rotatable bonds is 3. The zero-order valence-corrected chi connectivity index (χ0v) is 11.4. The van der Waals surface area contributed by atoms with Crippen molar-refractivity contribution >= 4 is 5.82 Å². The van der Waals surface area contributed by atoms with Gasteiger partial charge >= 0.3 is 0 Å². The number of pyridine rings is 1. The molecule has 18 heavy (non-hydrogen) atoms. The minimum absolute atomic E-state index is 0.275. The van der Waals surface area contributed by atoms with Gasteiger partial charge in [0.2, 0.25) is 0 Å². The zero-order valence-electron chi connectivity index (χ0n) is 11.4. The second kappa shape index (κ2) is 6.16. The number of aromatic nitrogens is 1. The molecule has 1 aliphatic rings. The number of ether oxygens (including phenoxy) is 1. The quantitative estimate of drug-likeness (QED) is 0.882. The lowest BCUT2D eigenvalue weighted by Crippen LogP contribution is -2.31. The van der Waals surface area contributed by atoms with Crippen molar-refractivity contribution in [3.8, 4) is 0 Å². The van der Waals surface area contributed by atoms with E-state index >= 15 is 0 Å². The van der Waals surface area contributed by atoms with Gasteiger partial charge in [-0.05, 0) is 44.4 Å². The third-order valence-corrected chi connectivity index (χ3v) is 3.29. The van der Waals surface area contributed by atoms with Gasteiger partial charge in [0.15, 0.2) is 0 Å². The van der Waals surface area contributed by atoms with E-state index in [-0.39, 0.29) is 6.10 Å². The molecule has 4 nitrogen and oxygen atoms in total. The van der Waals surface area contributed by atoms with E-state index in [1.165, 1.54) is 11.1 Å². The van der Waals surface area contributed by atoms with Gasteiger partial charge in [0.05, 0.1) is 6.10 Å². The highest BCUT2D eigenvalue weighted by molar-refractivity contribution is 5.47. The summed E-state index contributed by atoms with van der Waals surface area (Å²) < 4.78 is 5.67. The number of anilines is 1. The smallest absolute Gasteiger partial charge is 0.131 e. The lowest BCUT2D eigenvalue weighted by molar-refractivity contribution is 0.0820. The molecule has 1 saturated heterocycles. The molecule has 0 saturated carbocycles. The predicted octanol–water partition coefficient (Wildman–Crippen LogP) is 1.51. The van der Waals surface area contributed by atoms with E-state index in [0.717, 1.165) is 38.4 Å². The van der Waals surface area contributed by atoms with Gasteiger partial charge in [0.25, 0.3) is 0 Å². The first-order valence-corrected chi connectivity index (χ1v) is 6.73. The average molecular weight is 249 g/mol. The van der Waals surface area contributed by atoms with Gasteiger partial charge in [-0.25, -0.2) is 4.98 Å². The Morgan fingerprint density at radius 3 is 3.11 bits per heavy atom. The zero-order chi connectivity index (χ0) is 13.0. The molecule has 4 heteroatoms. The first-order chi connectivity index (χ1) is 8.70. The lowest BCUT2D eigenvalue weighted by atomic mass is 10.1. The molecule has 1 aliphatic heterocycles. The van der Waals surface area contributed by atoms with Crippen LogP contribution < -0.4 is 10.6 Å². The third kappa shape index (κ3) is 3.21. The Kier molecular flexibility index (Phi) is 4.55. The SMILES string of the molecule is Cc1cc(CCN)cnc1N1CCCOC(C)C1. The maximum atomic E-state index is 5.67. The molecule has 1 atom stereocenters. The summed E-state index contributed by atoms with van der Waals surface area (Å²) in [6, 6.07) is 2.20. The van der Waals surface area contributed by atoms with E-state index in [9.17, 15) is 0 Å². The van der Waals surface area contributed by atoms with Crippen LogP contribution in [-0.4, -0.2) is 37.3 Å². The second-order valence-electron chi connectivity index (χ2n) is 5.00. The Morgan fingerprint density at radius 2 is 2.39 bits per heavy atom. The fourth-order valence-corrected chi connectivity index (χ4v) is 2.45. The van der Waals surface area contributed by atoms with Crippen LogP contribution in [0.4, 0.5) is 5.82 Å². The Hall–Kier alpha value is -1.13. The molecule has 2 N–H and O–H groups in total. The third-order valence-electron chi connectivity index (χ3n) is 3.29. The van der Waals surface area contributed by atoms with E-state index in [2.05, 4.69) is 29.8 Å².